The van der Waals surface area contributed by atoms with E-state index < -0.39 is 0 Å². The van der Waals surface area contributed by atoms with Crippen LogP contribution in [-0.2, 0) is 0 Å². The fourth-order valence-corrected chi connectivity index (χ4v) is 10.2. The molecule has 0 fully saturated rings. The topological polar surface area (TPSA) is 48.5 Å². The highest BCUT2D eigenvalue weighted by Crippen LogP contribution is 2.50. The molecule has 0 bridgehead atoms. The Morgan fingerprint density at radius 3 is 0.882 bits per heavy atom. The molecule has 0 spiro atoms. The summed E-state index contributed by atoms with van der Waals surface area (Å²) in [5.74, 6) is 1.64. The maximum Gasteiger partial charge on any atom is 0.240 e. The van der Waals surface area contributed by atoms with Gasteiger partial charge in [0.15, 0.2) is 5.82 Å². The zero-order valence-electron chi connectivity index (χ0n) is 36.9. The van der Waals surface area contributed by atoms with Crippen LogP contribution in [0.2, 0.25) is 0 Å². The number of fused-ring (bicyclic) bond motifs is 6. The highest BCUT2D eigenvalue weighted by molar-refractivity contribution is 6.11. The molecule has 0 N–H and O–H groups in total. The van der Waals surface area contributed by atoms with Gasteiger partial charge in [-0.2, -0.15) is 15.0 Å². The molecule has 13 rings (SSSR count). The van der Waals surface area contributed by atoms with Crippen molar-refractivity contribution < 1.29 is 0 Å². The monoisotopic (exact) mass is 867 g/mol. The number of benzene rings is 10. The number of rotatable bonds is 8. The van der Waals surface area contributed by atoms with Gasteiger partial charge in [0.05, 0.1) is 22.1 Å². The maximum absolute atomic E-state index is 5.55. The van der Waals surface area contributed by atoms with Crippen LogP contribution in [0.5, 0.6) is 0 Å². The zero-order valence-corrected chi connectivity index (χ0v) is 36.9. The Morgan fingerprint density at radius 1 is 0.235 bits per heavy atom. The minimum atomic E-state index is 0.539. The Balaban J connectivity index is 1.17. The first-order chi connectivity index (χ1) is 33.8. The fraction of sp³-hybridized carbons (Fsp3) is 0. The van der Waals surface area contributed by atoms with E-state index >= 15 is 0 Å². The zero-order chi connectivity index (χ0) is 45.0. The molecular formula is C63H41N5. The number of aromatic nitrogens is 5. The molecule has 0 saturated carbocycles. The Kier molecular flexibility index (Phi) is 9.43. The highest BCUT2D eigenvalue weighted by atomic mass is 15.3. The average Bonchev–Trinajstić information content (AvgIpc) is 3.94. The Labute approximate surface area is 393 Å². The molecule has 68 heavy (non-hydrogen) atoms. The Bertz CT molecular complexity index is 3650. The van der Waals surface area contributed by atoms with Gasteiger partial charge in [0.1, 0.15) is 0 Å². The van der Waals surface area contributed by atoms with Crippen molar-refractivity contribution in [3.8, 4) is 78.9 Å². The van der Waals surface area contributed by atoms with E-state index in [9.17, 15) is 0 Å². The average molecular weight is 868 g/mol. The second-order valence-corrected chi connectivity index (χ2v) is 17.1. The summed E-state index contributed by atoms with van der Waals surface area (Å²) in [6.07, 6.45) is 0. The summed E-state index contributed by atoms with van der Waals surface area (Å²) in [4.78, 5) is 16.6. The normalized spacial score (nSPS) is 11.5. The summed E-state index contributed by atoms with van der Waals surface area (Å²) in [5.41, 5.74) is 16.1. The van der Waals surface area contributed by atoms with E-state index in [0.717, 1.165) is 105 Å². The molecule has 318 valence electrons. The van der Waals surface area contributed by atoms with Gasteiger partial charge in [0.25, 0.3) is 0 Å². The van der Waals surface area contributed by atoms with Gasteiger partial charge in [0, 0.05) is 27.1 Å². The predicted molar refractivity (Wildman–Crippen MR) is 281 cm³/mol. The smallest absolute Gasteiger partial charge is 0.240 e. The molecule has 0 unspecified atom stereocenters. The number of nitrogens with zero attached hydrogens (tertiary/aromatic N) is 5. The lowest BCUT2D eigenvalue weighted by atomic mass is 9.80. The van der Waals surface area contributed by atoms with E-state index in [1.807, 2.05) is 0 Å². The fourth-order valence-electron chi connectivity index (χ4n) is 10.2. The molecule has 5 heteroatoms. The van der Waals surface area contributed by atoms with E-state index in [1.165, 1.54) is 0 Å². The summed E-state index contributed by atoms with van der Waals surface area (Å²) in [5, 5.41) is 4.54. The van der Waals surface area contributed by atoms with Gasteiger partial charge in [0.2, 0.25) is 11.9 Å². The van der Waals surface area contributed by atoms with E-state index in [2.05, 4.69) is 258 Å². The molecule has 13 aromatic rings. The number of hydrogen-bond donors (Lipinski definition) is 0. The minimum Gasteiger partial charge on any atom is -0.278 e. The molecule has 3 aromatic heterocycles. The molecule has 0 radical (unpaired) electrons. The van der Waals surface area contributed by atoms with Crippen molar-refractivity contribution in [2.45, 2.75) is 0 Å². The lowest BCUT2D eigenvalue weighted by Crippen LogP contribution is -2.10. The van der Waals surface area contributed by atoms with E-state index in [4.69, 9.17) is 15.0 Å². The first-order valence-electron chi connectivity index (χ1n) is 23.0. The largest absolute Gasteiger partial charge is 0.278 e. The summed E-state index contributed by atoms with van der Waals surface area (Å²) < 4.78 is 4.39. The SMILES string of the molecule is c1ccc(-c2cccc(-c3ccccc3)c2-c2c(-c3ccccc3)cc(-c3nc(-n4c5ccccc5c5ccccc54)nc(-n4c5ccccc5c5ccccc54)n3)cc2-c2ccccc2)cc1. The third-order valence-electron chi connectivity index (χ3n) is 13.2. The van der Waals surface area contributed by atoms with Crippen molar-refractivity contribution in [1.82, 2.24) is 24.1 Å². The van der Waals surface area contributed by atoms with Crippen LogP contribution in [0, 0.1) is 0 Å². The van der Waals surface area contributed by atoms with Crippen molar-refractivity contribution >= 4 is 43.6 Å². The molecular weight excluding hydrogens is 827 g/mol. The lowest BCUT2D eigenvalue weighted by molar-refractivity contribution is 0.893. The van der Waals surface area contributed by atoms with Gasteiger partial charge < -0.3 is 0 Å². The molecule has 5 nitrogen and oxygen atoms in total. The third kappa shape index (κ3) is 6.51. The molecule has 0 aliphatic heterocycles. The molecule has 3 heterocycles. The Morgan fingerprint density at radius 2 is 0.529 bits per heavy atom. The van der Waals surface area contributed by atoms with Crippen LogP contribution >= 0.6 is 0 Å². The van der Waals surface area contributed by atoms with Gasteiger partial charge in [-0.1, -0.05) is 212 Å². The predicted octanol–water partition coefficient (Wildman–Crippen LogP) is 16.1. The Hall–Kier alpha value is -9.19. The van der Waals surface area contributed by atoms with Gasteiger partial charge in [-0.15, -0.1) is 0 Å². The van der Waals surface area contributed by atoms with Crippen LogP contribution in [0.4, 0.5) is 0 Å². The summed E-state index contributed by atoms with van der Waals surface area (Å²) in [6, 6.07) is 88.4. The van der Waals surface area contributed by atoms with Crippen molar-refractivity contribution in [3.05, 3.63) is 249 Å². The first-order valence-corrected chi connectivity index (χ1v) is 23.0. The van der Waals surface area contributed by atoms with Crippen LogP contribution in [0.3, 0.4) is 0 Å². The molecule has 0 atom stereocenters. The lowest BCUT2D eigenvalue weighted by Gasteiger charge is -2.24. The molecule has 0 saturated heterocycles. The highest BCUT2D eigenvalue weighted by Gasteiger charge is 2.26. The summed E-state index contributed by atoms with van der Waals surface area (Å²) in [7, 11) is 0. The van der Waals surface area contributed by atoms with Crippen LogP contribution in [0.25, 0.3) is 123 Å². The maximum atomic E-state index is 5.55. The third-order valence-corrected chi connectivity index (χ3v) is 13.2. The van der Waals surface area contributed by atoms with Crippen LogP contribution in [0.15, 0.2) is 249 Å². The van der Waals surface area contributed by atoms with Crippen molar-refractivity contribution in [2.24, 2.45) is 0 Å². The summed E-state index contributed by atoms with van der Waals surface area (Å²) >= 11 is 0. The van der Waals surface area contributed by atoms with Crippen molar-refractivity contribution in [1.29, 1.82) is 0 Å². The van der Waals surface area contributed by atoms with Gasteiger partial charge >= 0.3 is 0 Å². The number of para-hydroxylation sites is 4. The van der Waals surface area contributed by atoms with Gasteiger partial charge in [-0.05, 0) is 92.0 Å². The minimum absolute atomic E-state index is 0.539. The molecule has 0 aliphatic rings. The molecule has 0 aliphatic carbocycles. The van der Waals surface area contributed by atoms with Gasteiger partial charge in [-0.25, -0.2) is 0 Å². The van der Waals surface area contributed by atoms with E-state index in [0.29, 0.717) is 17.7 Å². The van der Waals surface area contributed by atoms with E-state index in [-0.39, 0.29) is 0 Å². The first kappa shape index (κ1) is 39.2. The quantitative estimate of drug-likeness (QED) is 0.153. The van der Waals surface area contributed by atoms with Crippen LogP contribution in [-0.4, -0.2) is 24.1 Å². The van der Waals surface area contributed by atoms with E-state index in [1.54, 1.807) is 0 Å². The molecule has 10 aromatic carbocycles. The standard InChI is InChI=1S/C63H41N5/c1-5-22-42(23-6-1)47-34-21-35-48(43-24-7-2-8-25-43)59(47)60-53(44-26-9-3-10-27-44)40-46(41-54(60)45-28-11-4-12-29-45)61-64-62(67-55-36-17-13-30-49(55)50-31-14-18-37-56(50)67)66-63(65-61)68-57-38-19-15-32-51(57)52-33-16-20-39-58(52)68/h1-41H. The van der Waals surface area contributed by atoms with Crippen molar-refractivity contribution in [2.75, 3.05) is 0 Å². The summed E-state index contributed by atoms with van der Waals surface area (Å²) in [6.45, 7) is 0. The van der Waals surface area contributed by atoms with Crippen molar-refractivity contribution in [3.63, 3.8) is 0 Å². The van der Waals surface area contributed by atoms with Crippen LogP contribution < -0.4 is 0 Å². The second kappa shape index (κ2) is 16.4. The van der Waals surface area contributed by atoms with Gasteiger partial charge in [-0.3, -0.25) is 9.13 Å². The second-order valence-electron chi connectivity index (χ2n) is 17.1. The number of hydrogen-bond acceptors (Lipinski definition) is 3. The molecule has 0 amide bonds. The van der Waals surface area contributed by atoms with Crippen LogP contribution in [0.1, 0.15) is 0 Å².